The topological polar surface area (TPSA) is 68.6 Å². The molecule has 31 heavy (non-hydrogen) atoms. The molecular weight excluding hydrogens is 410 g/mol. The van der Waals surface area contributed by atoms with Crippen molar-refractivity contribution in [1.82, 2.24) is 24.7 Å². The van der Waals surface area contributed by atoms with E-state index in [1.165, 1.54) is 0 Å². The summed E-state index contributed by atoms with van der Waals surface area (Å²) in [5, 5.41) is 6.49. The molecule has 3 aromatic heterocycles. The number of H-pyrrole nitrogens is 1. The lowest BCUT2D eigenvalue weighted by molar-refractivity contribution is 0.415. The lowest BCUT2D eigenvalue weighted by Crippen LogP contribution is -1.98. The first-order chi connectivity index (χ1) is 15.1. The fourth-order valence-electron chi connectivity index (χ4n) is 3.98. The number of benzene rings is 2. The smallest absolute Gasteiger partial charge is 0.160 e. The minimum atomic E-state index is 0.654. The van der Waals surface area contributed by atoms with Crippen LogP contribution in [0.2, 0.25) is 5.02 Å². The Morgan fingerprint density at radius 3 is 2.65 bits per heavy atom. The highest BCUT2D eigenvalue weighted by molar-refractivity contribution is 6.30. The quantitative estimate of drug-likeness (QED) is 0.382. The molecule has 7 heteroatoms. The molecule has 3 heterocycles. The van der Waals surface area contributed by atoms with E-state index >= 15 is 0 Å². The first-order valence-electron chi connectivity index (χ1n) is 10.2. The maximum Gasteiger partial charge on any atom is 0.160 e. The zero-order valence-electron chi connectivity index (χ0n) is 17.6. The maximum absolute atomic E-state index is 6.10. The van der Waals surface area contributed by atoms with Crippen LogP contribution in [0.25, 0.3) is 44.6 Å². The van der Waals surface area contributed by atoms with Crippen molar-refractivity contribution in [3.05, 3.63) is 59.4 Å². The van der Waals surface area contributed by atoms with E-state index in [0.29, 0.717) is 10.8 Å². The van der Waals surface area contributed by atoms with Crippen molar-refractivity contribution >= 4 is 33.5 Å². The Labute approximate surface area is 184 Å². The molecule has 5 aromatic rings. The van der Waals surface area contributed by atoms with Crippen LogP contribution in [0.3, 0.4) is 0 Å². The van der Waals surface area contributed by atoms with E-state index in [-0.39, 0.29) is 0 Å². The van der Waals surface area contributed by atoms with Gasteiger partial charge in [-0.25, -0.2) is 9.97 Å². The molecule has 2 aromatic carbocycles. The molecule has 156 valence electrons. The largest absolute Gasteiger partial charge is 0.497 e. The predicted molar refractivity (Wildman–Crippen MR) is 125 cm³/mol. The monoisotopic (exact) mass is 431 g/mol. The van der Waals surface area contributed by atoms with Gasteiger partial charge in [0.05, 0.1) is 12.8 Å². The lowest BCUT2D eigenvalue weighted by atomic mass is 10.1. The van der Waals surface area contributed by atoms with Gasteiger partial charge in [-0.3, -0.25) is 4.68 Å². The SMILES string of the molecule is CCCc1nn(C)c2c(-c3c[nH]c4ccc(OC)cc34)nc(-c3ccc(Cl)cc3)nc12. The van der Waals surface area contributed by atoms with Crippen LogP contribution in [0.4, 0.5) is 0 Å². The van der Waals surface area contributed by atoms with Crippen molar-refractivity contribution < 1.29 is 4.74 Å². The Morgan fingerprint density at radius 1 is 1.10 bits per heavy atom. The second-order valence-electron chi connectivity index (χ2n) is 7.53. The third-order valence-electron chi connectivity index (χ3n) is 5.48. The number of aromatic amines is 1. The number of hydrogen-bond donors (Lipinski definition) is 1. The summed E-state index contributed by atoms with van der Waals surface area (Å²) < 4.78 is 7.35. The molecule has 0 saturated heterocycles. The fraction of sp³-hybridized carbons (Fsp3) is 0.208. The molecule has 0 amide bonds. The minimum absolute atomic E-state index is 0.654. The normalized spacial score (nSPS) is 11.5. The molecule has 6 nitrogen and oxygen atoms in total. The van der Waals surface area contributed by atoms with Crippen LogP contribution < -0.4 is 4.74 Å². The number of nitrogens with zero attached hydrogens (tertiary/aromatic N) is 4. The van der Waals surface area contributed by atoms with Crippen molar-refractivity contribution in [2.45, 2.75) is 19.8 Å². The molecule has 5 rings (SSSR count). The van der Waals surface area contributed by atoms with Crippen molar-refractivity contribution in [2.75, 3.05) is 7.11 Å². The molecule has 0 aliphatic heterocycles. The van der Waals surface area contributed by atoms with Gasteiger partial charge in [-0.05, 0) is 48.9 Å². The van der Waals surface area contributed by atoms with Gasteiger partial charge >= 0.3 is 0 Å². The number of halogens is 1. The van der Waals surface area contributed by atoms with Crippen LogP contribution >= 0.6 is 11.6 Å². The molecule has 0 fully saturated rings. The first kappa shape index (κ1) is 19.6. The Kier molecular flexibility index (Phi) is 4.87. The Balaban J connectivity index is 1.83. The van der Waals surface area contributed by atoms with E-state index in [1.807, 2.05) is 60.4 Å². The predicted octanol–water partition coefficient (Wildman–Crippen LogP) is 5.79. The molecule has 1 N–H and O–H groups in total. The molecule has 0 bridgehead atoms. The molecule has 0 spiro atoms. The van der Waals surface area contributed by atoms with Gasteiger partial charge in [-0.2, -0.15) is 5.10 Å². The highest BCUT2D eigenvalue weighted by Crippen LogP contribution is 2.36. The molecule has 0 atom stereocenters. The van der Waals surface area contributed by atoms with Gasteiger partial charge in [0.1, 0.15) is 22.5 Å². The number of methoxy groups -OCH3 is 1. The molecule has 0 unspecified atom stereocenters. The zero-order chi connectivity index (χ0) is 21.5. The number of ether oxygens (including phenoxy) is 1. The van der Waals surface area contributed by atoms with Gasteiger partial charge in [-0.1, -0.05) is 24.9 Å². The van der Waals surface area contributed by atoms with E-state index < -0.39 is 0 Å². The van der Waals surface area contributed by atoms with Gasteiger partial charge in [0.15, 0.2) is 5.82 Å². The third-order valence-corrected chi connectivity index (χ3v) is 5.74. The highest BCUT2D eigenvalue weighted by atomic mass is 35.5. The van der Waals surface area contributed by atoms with Gasteiger partial charge < -0.3 is 9.72 Å². The summed E-state index contributed by atoms with van der Waals surface area (Å²) in [4.78, 5) is 13.3. The Bertz CT molecular complexity index is 1400. The zero-order valence-corrected chi connectivity index (χ0v) is 18.4. The fourth-order valence-corrected chi connectivity index (χ4v) is 4.11. The van der Waals surface area contributed by atoms with Crippen LogP contribution in [0.5, 0.6) is 5.75 Å². The van der Waals surface area contributed by atoms with E-state index in [9.17, 15) is 0 Å². The second-order valence-corrected chi connectivity index (χ2v) is 7.97. The number of fused-ring (bicyclic) bond motifs is 2. The highest BCUT2D eigenvalue weighted by Gasteiger charge is 2.21. The standard InChI is InChI=1S/C24H22ClN5O/c1-4-5-20-22-23(30(2)29-20)21(27-24(28-22)14-6-8-15(25)9-7-14)18-13-26-19-11-10-16(31-3)12-17(18)19/h6-13,26H,4-5H2,1-3H3. The summed E-state index contributed by atoms with van der Waals surface area (Å²) in [6, 6.07) is 13.6. The van der Waals surface area contributed by atoms with E-state index in [1.54, 1.807) is 7.11 Å². The number of nitrogens with one attached hydrogen (secondary N) is 1. The Morgan fingerprint density at radius 2 is 1.90 bits per heavy atom. The van der Waals surface area contributed by atoms with Crippen LogP contribution in [0, 0.1) is 0 Å². The molecular formula is C24H22ClN5O. The number of aryl methyl sites for hydroxylation is 2. The van der Waals surface area contributed by atoms with Gasteiger partial charge in [-0.15, -0.1) is 0 Å². The summed E-state index contributed by atoms with van der Waals surface area (Å²) >= 11 is 6.10. The van der Waals surface area contributed by atoms with Crippen LogP contribution in [0.1, 0.15) is 19.0 Å². The maximum atomic E-state index is 6.10. The summed E-state index contributed by atoms with van der Waals surface area (Å²) in [5.41, 5.74) is 6.55. The van der Waals surface area contributed by atoms with Crippen molar-refractivity contribution in [1.29, 1.82) is 0 Å². The molecule has 0 radical (unpaired) electrons. The number of hydrogen-bond acceptors (Lipinski definition) is 4. The summed E-state index contributed by atoms with van der Waals surface area (Å²) in [6.07, 6.45) is 3.84. The number of rotatable bonds is 5. The average molecular weight is 432 g/mol. The summed E-state index contributed by atoms with van der Waals surface area (Å²) in [6.45, 7) is 2.15. The van der Waals surface area contributed by atoms with Gasteiger partial charge in [0.2, 0.25) is 0 Å². The van der Waals surface area contributed by atoms with Crippen LogP contribution in [-0.2, 0) is 13.5 Å². The van der Waals surface area contributed by atoms with Crippen LogP contribution in [0.15, 0.2) is 48.7 Å². The lowest BCUT2D eigenvalue weighted by Gasteiger charge is -2.08. The average Bonchev–Trinajstić information content (AvgIpc) is 3.34. The third kappa shape index (κ3) is 3.33. The Hall–Kier alpha value is -3.38. The van der Waals surface area contributed by atoms with Gasteiger partial charge in [0, 0.05) is 40.3 Å². The molecule has 0 aliphatic rings. The molecule has 0 aliphatic carbocycles. The van der Waals surface area contributed by atoms with Gasteiger partial charge in [0.25, 0.3) is 0 Å². The summed E-state index contributed by atoms with van der Waals surface area (Å²) in [5.74, 6) is 1.45. The second kappa shape index (κ2) is 7.71. The minimum Gasteiger partial charge on any atom is -0.497 e. The van der Waals surface area contributed by atoms with Crippen molar-refractivity contribution in [3.63, 3.8) is 0 Å². The summed E-state index contributed by atoms with van der Waals surface area (Å²) in [7, 11) is 3.62. The number of aromatic nitrogens is 5. The molecule has 0 saturated carbocycles. The van der Waals surface area contributed by atoms with Crippen LogP contribution in [-0.4, -0.2) is 31.8 Å². The first-order valence-corrected chi connectivity index (χ1v) is 10.6. The van der Waals surface area contributed by atoms with E-state index in [2.05, 4.69) is 11.9 Å². The van der Waals surface area contributed by atoms with Crippen molar-refractivity contribution in [3.8, 4) is 28.4 Å². The van der Waals surface area contributed by atoms with Crippen molar-refractivity contribution in [2.24, 2.45) is 7.05 Å². The van der Waals surface area contributed by atoms with E-state index in [0.717, 1.165) is 63.0 Å². The van der Waals surface area contributed by atoms with E-state index in [4.69, 9.17) is 31.4 Å².